The molecule has 1 fully saturated rings. The number of pyridine rings is 1. The molecule has 1 aliphatic heterocycles. The van der Waals surface area contributed by atoms with Crippen molar-refractivity contribution in [2.45, 2.75) is 51.7 Å². The molecule has 1 aliphatic rings. The van der Waals surface area contributed by atoms with E-state index in [0.717, 1.165) is 10.9 Å². The lowest BCUT2D eigenvalue weighted by molar-refractivity contribution is -0.123. The zero-order valence-corrected chi connectivity index (χ0v) is 17.9. The van der Waals surface area contributed by atoms with Crippen LogP contribution in [0.3, 0.4) is 0 Å². The fourth-order valence-electron chi connectivity index (χ4n) is 3.91. The molecule has 1 saturated heterocycles. The van der Waals surface area contributed by atoms with Crippen molar-refractivity contribution in [1.82, 2.24) is 10.3 Å². The molecule has 3 N–H and O–H groups in total. The summed E-state index contributed by atoms with van der Waals surface area (Å²) < 4.78 is 25.4. The summed E-state index contributed by atoms with van der Waals surface area (Å²) in [5, 5.41) is 4.08. The number of nitrogens with one attached hydrogen (secondary N) is 1. The first-order valence-electron chi connectivity index (χ1n) is 9.96. The number of benzene rings is 1. The van der Waals surface area contributed by atoms with Gasteiger partial charge >= 0.3 is 0 Å². The summed E-state index contributed by atoms with van der Waals surface area (Å²) in [6, 6.07) is 2.92. The molecule has 1 aromatic carbocycles. The maximum atomic E-state index is 14.1. The average molecular weight is 417 g/mol. The van der Waals surface area contributed by atoms with Crippen LogP contribution in [0.15, 0.2) is 18.3 Å². The molecule has 8 heteroatoms. The van der Waals surface area contributed by atoms with Gasteiger partial charge in [0.1, 0.15) is 12.4 Å². The molecule has 3 atom stereocenters. The quantitative estimate of drug-likeness (QED) is 0.752. The number of nitrogens with two attached hydrogens (primary N) is 1. The molecule has 2 amide bonds. The Morgan fingerprint density at radius 2 is 2.00 bits per heavy atom. The topological polar surface area (TPSA) is 104 Å². The lowest BCUT2D eigenvalue weighted by Crippen LogP contribution is -2.35. The number of hydrogen-bond acceptors (Lipinski definition) is 5. The highest BCUT2D eigenvalue weighted by Gasteiger charge is 2.41. The van der Waals surface area contributed by atoms with Crippen LogP contribution in [0.4, 0.5) is 4.39 Å². The number of aromatic nitrogens is 1. The van der Waals surface area contributed by atoms with E-state index >= 15 is 0 Å². The molecule has 0 aliphatic carbocycles. The molecular weight excluding hydrogens is 389 g/mol. The molecule has 0 unspecified atom stereocenters. The van der Waals surface area contributed by atoms with E-state index < -0.39 is 29.9 Å². The van der Waals surface area contributed by atoms with Gasteiger partial charge in [-0.25, -0.2) is 9.37 Å². The fraction of sp³-hybridized carbons (Fsp3) is 0.500. The van der Waals surface area contributed by atoms with Crippen molar-refractivity contribution in [2.24, 2.45) is 11.7 Å². The van der Waals surface area contributed by atoms with Crippen LogP contribution in [0.25, 0.3) is 10.8 Å². The van der Waals surface area contributed by atoms with Crippen molar-refractivity contribution in [2.75, 3.05) is 13.7 Å². The predicted molar refractivity (Wildman–Crippen MR) is 112 cm³/mol. The minimum absolute atomic E-state index is 0.0848. The summed E-state index contributed by atoms with van der Waals surface area (Å²) in [5.74, 6) is -1.02. The number of primary amides is 1. The summed E-state index contributed by atoms with van der Waals surface area (Å²) >= 11 is 0. The molecule has 2 aromatic rings. The van der Waals surface area contributed by atoms with E-state index in [-0.39, 0.29) is 17.6 Å². The van der Waals surface area contributed by atoms with Crippen LogP contribution < -0.4 is 20.5 Å². The number of rotatable bonds is 6. The summed E-state index contributed by atoms with van der Waals surface area (Å²) in [4.78, 5) is 28.1. The summed E-state index contributed by atoms with van der Waals surface area (Å²) in [5.41, 5.74) is 6.47. The molecule has 0 saturated carbocycles. The third-order valence-corrected chi connectivity index (χ3v) is 5.59. The van der Waals surface area contributed by atoms with Crippen molar-refractivity contribution >= 4 is 22.6 Å². The van der Waals surface area contributed by atoms with E-state index in [9.17, 15) is 14.0 Å². The molecule has 0 bridgehead atoms. The molecule has 30 heavy (non-hydrogen) atoms. The lowest BCUT2D eigenvalue weighted by Gasteiger charge is -2.23. The predicted octanol–water partition coefficient (Wildman–Crippen LogP) is 2.88. The van der Waals surface area contributed by atoms with Gasteiger partial charge in [0.05, 0.1) is 18.7 Å². The van der Waals surface area contributed by atoms with Gasteiger partial charge in [-0.05, 0) is 34.9 Å². The third kappa shape index (κ3) is 3.91. The second-order valence-corrected chi connectivity index (χ2v) is 8.59. The molecule has 0 spiro atoms. The number of carbonyl (C=O) groups excluding carboxylic acids is 2. The molecule has 3 rings (SSSR count). The van der Waals surface area contributed by atoms with Gasteiger partial charge in [-0.2, -0.15) is 0 Å². The Hall–Kier alpha value is -2.90. The first kappa shape index (κ1) is 21.8. The molecular formula is C22H28FN3O4. The van der Waals surface area contributed by atoms with Gasteiger partial charge < -0.3 is 20.5 Å². The number of hydrogen-bond donors (Lipinski definition) is 2. The highest BCUT2D eigenvalue weighted by Crippen LogP contribution is 2.37. The van der Waals surface area contributed by atoms with Crippen molar-refractivity contribution in [3.05, 3.63) is 29.5 Å². The molecule has 7 nitrogen and oxygen atoms in total. The van der Waals surface area contributed by atoms with Gasteiger partial charge in [-0.15, -0.1) is 0 Å². The Balaban J connectivity index is 2.05. The fourth-order valence-corrected chi connectivity index (χ4v) is 3.91. The number of methoxy groups -OCH3 is 1. The highest BCUT2D eigenvalue weighted by atomic mass is 19.1. The summed E-state index contributed by atoms with van der Waals surface area (Å²) in [6.45, 7) is 8.05. The number of nitrogens with zero attached hydrogens (tertiary/aromatic N) is 1. The van der Waals surface area contributed by atoms with Crippen LogP contribution in [0.5, 0.6) is 11.6 Å². The molecule has 2 heterocycles. The molecule has 162 valence electrons. The zero-order chi connectivity index (χ0) is 22.2. The van der Waals surface area contributed by atoms with Gasteiger partial charge in [-0.1, -0.05) is 27.7 Å². The smallest absolute Gasteiger partial charge is 0.255 e. The lowest BCUT2D eigenvalue weighted by atomic mass is 9.84. The van der Waals surface area contributed by atoms with Gasteiger partial charge in [0.15, 0.2) is 6.17 Å². The van der Waals surface area contributed by atoms with Crippen molar-refractivity contribution in [3.8, 4) is 11.6 Å². The number of amides is 2. The largest absolute Gasteiger partial charge is 0.496 e. The Morgan fingerprint density at radius 3 is 2.57 bits per heavy atom. The minimum atomic E-state index is -1.53. The maximum absolute atomic E-state index is 14.1. The van der Waals surface area contributed by atoms with Crippen LogP contribution in [0.2, 0.25) is 0 Å². The second kappa shape index (κ2) is 8.08. The molecule has 1 aromatic heterocycles. The second-order valence-electron chi connectivity index (χ2n) is 8.59. The number of alkyl halides is 1. The van der Waals surface area contributed by atoms with E-state index in [4.69, 9.17) is 15.2 Å². The highest BCUT2D eigenvalue weighted by molar-refractivity contribution is 6.02. The van der Waals surface area contributed by atoms with E-state index in [1.165, 1.54) is 7.11 Å². The van der Waals surface area contributed by atoms with Crippen LogP contribution in [0.1, 0.15) is 50.0 Å². The Bertz CT molecular complexity index is 986. The third-order valence-electron chi connectivity index (χ3n) is 5.59. The minimum Gasteiger partial charge on any atom is -0.496 e. The monoisotopic (exact) mass is 417 g/mol. The Morgan fingerprint density at radius 1 is 1.30 bits per heavy atom. The van der Waals surface area contributed by atoms with Gasteiger partial charge in [-0.3, -0.25) is 9.59 Å². The SMILES string of the molecule is CC[C@@H]1[C@H](F)C(=O)N[C@@H]1COc1ncc(C(C)(C)C)c2cc(C(N)=O)c(OC)cc12. The van der Waals surface area contributed by atoms with E-state index in [0.29, 0.717) is 23.4 Å². The first-order chi connectivity index (χ1) is 14.1. The van der Waals surface area contributed by atoms with Gasteiger partial charge in [0.2, 0.25) is 5.88 Å². The number of ether oxygens (including phenoxy) is 2. The number of carbonyl (C=O) groups is 2. The van der Waals surface area contributed by atoms with Crippen LogP contribution >= 0.6 is 0 Å². The number of fused-ring (bicyclic) bond motifs is 1. The van der Waals surface area contributed by atoms with Crippen molar-refractivity contribution in [3.63, 3.8) is 0 Å². The van der Waals surface area contributed by atoms with Crippen molar-refractivity contribution < 1.29 is 23.5 Å². The summed E-state index contributed by atoms with van der Waals surface area (Å²) in [6.07, 6.45) is 0.688. The van der Waals surface area contributed by atoms with Crippen LogP contribution in [0, 0.1) is 5.92 Å². The maximum Gasteiger partial charge on any atom is 0.255 e. The van der Waals surface area contributed by atoms with E-state index in [1.807, 2.05) is 27.7 Å². The zero-order valence-electron chi connectivity index (χ0n) is 17.9. The summed E-state index contributed by atoms with van der Waals surface area (Å²) in [7, 11) is 1.45. The molecule has 0 radical (unpaired) electrons. The standard InChI is InChI=1S/C22H28FN3O4/c1-6-11-16(26-20(28)18(11)23)10-30-21-13-8-17(29-5)14(19(24)27)7-12(13)15(9-25-21)22(2,3)4/h7-9,11,16,18H,6,10H2,1-5H3,(H2,24,27)(H,26,28)/t11-,16+,18-/m0/s1. The first-order valence-corrected chi connectivity index (χ1v) is 9.96. The van der Waals surface area contributed by atoms with E-state index in [2.05, 4.69) is 10.3 Å². The van der Waals surface area contributed by atoms with Gasteiger partial charge in [0, 0.05) is 17.5 Å². The van der Waals surface area contributed by atoms with Gasteiger partial charge in [0.25, 0.3) is 11.8 Å². The average Bonchev–Trinajstić information content (AvgIpc) is 2.96. The Kier molecular flexibility index (Phi) is 5.87. The van der Waals surface area contributed by atoms with Crippen molar-refractivity contribution in [1.29, 1.82) is 0 Å². The number of halogens is 1. The van der Waals surface area contributed by atoms with Crippen LogP contribution in [-0.4, -0.2) is 42.7 Å². The van der Waals surface area contributed by atoms with E-state index in [1.54, 1.807) is 18.3 Å². The van der Waals surface area contributed by atoms with Crippen LogP contribution in [-0.2, 0) is 10.2 Å². The Labute approximate surface area is 175 Å². The normalized spacial score (nSPS) is 21.5.